The predicted octanol–water partition coefficient (Wildman–Crippen LogP) is 4.76. The van der Waals surface area contributed by atoms with Crippen molar-refractivity contribution in [1.29, 1.82) is 0 Å². The molecule has 9 heteroatoms. The van der Waals surface area contributed by atoms with Gasteiger partial charge >= 0.3 is 5.63 Å². The van der Waals surface area contributed by atoms with E-state index >= 15 is 0 Å². The number of benzene rings is 3. The van der Waals surface area contributed by atoms with Gasteiger partial charge in [-0.05, 0) is 42.5 Å². The molecule has 0 aliphatic carbocycles. The Bertz CT molecular complexity index is 1500. The van der Waals surface area contributed by atoms with Crippen LogP contribution in [0.1, 0.15) is 15.9 Å². The van der Waals surface area contributed by atoms with Crippen molar-refractivity contribution in [3.63, 3.8) is 0 Å². The molecule has 1 N–H and O–H groups in total. The summed E-state index contributed by atoms with van der Waals surface area (Å²) in [5.41, 5.74) is 0.227. The van der Waals surface area contributed by atoms with Gasteiger partial charge in [-0.3, -0.25) is 9.59 Å². The molecule has 0 bridgehead atoms. The Morgan fingerprint density at radius 2 is 1.88 bits per heavy atom. The molecule has 1 aliphatic rings. The Kier molecular flexibility index (Phi) is 5.51. The average Bonchev–Trinajstić information content (AvgIpc) is 2.82. The highest BCUT2D eigenvalue weighted by Gasteiger charge is 2.28. The van der Waals surface area contributed by atoms with Crippen molar-refractivity contribution >= 4 is 45.8 Å². The van der Waals surface area contributed by atoms with E-state index in [2.05, 4.69) is 5.32 Å². The third-order valence-electron chi connectivity index (χ3n) is 5.42. The van der Waals surface area contributed by atoms with Crippen LogP contribution in [0.25, 0.3) is 11.0 Å². The topological polar surface area (TPSA) is 88.8 Å². The lowest BCUT2D eigenvalue weighted by atomic mass is 10.1. The van der Waals surface area contributed by atoms with Crippen molar-refractivity contribution in [3.05, 3.63) is 99.1 Å². The fraction of sp³-hybridized carbons (Fsp3) is 0.0800. The minimum atomic E-state index is -0.775. The largest absolute Gasteiger partial charge is 0.482 e. The average molecular weight is 479 g/mol. The monoisotopic (exact) mass is 478 g/mol. The highest BCUT2D eigenvalue weighted by Crippen LogP contribution is 2.36. The number of carbonyl (C=O) groups is 2. The Morgan fingerprint density at radius 3 is 2.71 bits per heavy atom. The van der Waals surface area contributed by atoms with E-state index < -0.39 is 23.3 Å². The number of carbonyl (C=O) groups excluding carboxylic acids is 2. The molecule has 4 aromatic rings. The number of amides is 2. The number of halogens is 2. The second kappa shape index (κ2) is 8.64. The highest BCUT2D eigenvalue weighted by atomic mass is 35.5. The molecule has 2 heterocycles. The standard InChI is InChI=1S/C25H16ClFN2O5/c26-18-5-3-6-19(27)17(18)12-29-20-11-15(8-9-22(20)33-13-23(29)30)28-24(31)16-10-14-4-1-2-7-21(14)34-25(16)32/h1-11H,12-13H2,(H,28,31). The molecule has 0 atom stereocenters. The molecule has 0 saturated heterocycles. The molecule has 0 unspecified atom stereocenters. The first-order valence-electron chi connectivity index (χ1n) is 10.2. The van der Waals surface area contributed by atoms with Crippen molar-refractivity contribution in [2.24, 2.45) is 0 Å². The van der Waals surface area contributed by atoms with Gasteiger partial charge in [-0.15, -0.1) is 0 Å². The maximum atomic E-state index is 14.3. The first-order chi connectivity index (χ1) is 16.4. The van der Waals surface area contributed by atoms with Gasteiger partial charge in [-0.25, -0.2) is 9.18 Å². The molecular formula is C25H16ClFN2O5. The molecule has 2 amide bonds. The number of hydrogen-bond acceptors (Lipinski definition) is 5. The van der Waals surface area contributed by atoms with Gasteiger partial charge in [0.15, 0.2) is 6.61 Å². The quantitative estimate of drug-likeness (QED) is 0.427. The summed E-state index contributed by atoms with van der Waals surface area (Å²) in [5, 5.41) is 3.43. The summed E-state index contributed by atoms with van der Waals surface area (Å²) in [7, 11) is 0. The van der Waals surface area contributed by atoms with Crippen LogP contribution in [-0.2, 0) is 11.3 Å². The van der Waals surface area contributed by atoms with Crippen LogP contribution >= 0.6 is 11.6 Å². The Morgan fingerprint density at radius 1 is 1.06 bits per heavy atom. The number of nitrogens with zero attached hydrogens (tertiary/aromatic N) is 1. The Hall–Kier alpha value is -4.17. The Balaban J connectivity index is 1.46. The molecule has 34 heavy (non-hydrogen) atoms. The van der Waals surface area contributed by atoms with Gasteiger partial charge < -0.3 is 19.4 Å². The molecule has 0 fully saturated rings. The zero-order valence-electron chi connectivity index (χ0n) is 17.5. The molecule has 3 aromatic carbocycles. The van der Waals surface area contributed by atoms with E-state index in [-0.39, 0.29) is 29.3 Å². The van der Waals surface area contributed by atoms with E-state index in [1.807, 2.05) is 0 Å². The Labute approximate surface area is 197 Å². The van der Waals surface area contributed by atoms with E-state index in [4.69, 9.17) is 20.8 Å². The minimum Gasteiger partial charge on any atom is -0.482 e. The number of hydrogen-bond donors (Lipinski definition) is 1. The fourth-order valence-electron chi connectivity index (χ4n) is 3.71. The lowest BCUT2D eigenvalue weighted by Gasteiger charge is -2.30. The van der Waals surface area contributed by atoms with Crippen LogP contribution in [0.4, 0.5) is 15.8 Å². The van der Waals surface area contributed by atoms with Crippen LogP contribution < -0.4 is 20.6 Å². The predicted molar refractivity (Wildman–Crippen MR) is 125 cm³/mol. The van der Waals surface area contributed by atoms with Crippen molar-refractivity contribution in [3.8, 4) is 5.75 Å². The molecule has 0 spiro atoms. The summed E-state index contributed by atoms with van der Waals surface area (Å²) in [5.74, 6) is -1.23. The minimum absolute atomic E-state index is 0.119. The van der Waals surface area contributed by atoms with E-state index in [0.29, 0.717) is 28.1 Å². The van der Waals surface area contributed by atoms with Gasteiger partial charge in [-0.2, -0.15) is 0 Å². The summed E-state index contributed by atoms with van der Waals surface area (Å²) in [6.45, 7) is -0.338. The van der Waals surface area contributed by atoms with Crippen molar-refractivity contribution in [2.75, 3.05) is 16.8 Å². The summed E-state index contributed by atoms with van der Waals surface area (Å²) >= 11 is 6.14. The van der Waals surface area contributed by atoms with Crippen LogP contribution in [0.15, 0.2) is 75.9 Å². The summed E-state index contributed by atoms with van der Waals surface area (Å²) < 4.78 is 25.1. The highest BCUT2D eigenvalue weighted by molar-refractivity contribution is 6.31. The van der Waals surface area contributed by atoms with Crippen molar-refractivity contribution in [2.45, 2.75) is 6.54 Å². The number of ether oxygens (including phenoxy) is 1. The van der Waals surface area contributed by atoms with E-state index in [9.17, 15) is 18.8 Å². The van der Waals surface area contributed by atoms with Gasteiger partial charge in [0.2, 0.25) is 0 Å². The lowest BCUT2D eigenvalue weighted by molar-refractivity contribution is -0.121. The second-order valence-electron chi connectivity index (χ2n) is 7.59. The van der Waals surface area contributed by atoms with Crippen LogP contribution in [0, 0.1) is 5.82 Å². The van der Waals surface area contributed by atoms with Crippen LogP contribution in [0.5, 0.6) is 5.75 Å². The molecule has 0 saturated carbocycles. The van der Waals surface area contributed by atoms with Crippen LogP contribution in [-0.4, -0.2) is 18.4 Å². The maximum absolute atomic E-state index is 14.3. The smallest absolute Gasteiger partial charge is 0.349 e. The van der Waals surface area contributed by atoms with E-state index in [0.717, 1.165) is 0 Å². The first kappa shape index (κ1) is 21.7. The number of rotatable bonds is 4. The third-order valence-corrected chi connectivity index (χ3v) is 5.78. The van der Waals surface area contributed by atoms with E-state index in [1.54, 1.807) is 36.4 Å². The van der Waals surface area contributed by atoms with Crippen molar-refractivity contribution in [1.82, 2.24) is 0 Å². The summed E-state index contributed by atoms with van der Waals surface area (Å²) in [6, 6.07) is 17.2. The molecule has 1 aromatic heterocycles. The summed E-state index contributed by atoms with van der Waals surface area (Å²) in [6.07, 6.45) is 0. The molecule has 1 aliphatic heterocycles. The van der Waals surface area contributed by atoms with Gasteiger partial charge in [-0.1, -0.05) is 35.9 Å². The fourth-order valence-corrected chi connectivity index (χ4v) is 3.94. The normalized spacial score (nSPS) is 12.9. The number of nitrogens with one attached hydrogen (secondary N) is 1. The zero-order chi connectivity index (χ0) is 23.8. The van der Waals surface area contributed by atoms with Crippen LogP contribution in [0.3, 0.4) is 0 Å². The number of fused-ring (bicyclic) bond motifs is 2. The van der Waals surface area contributed by atoms with Crippen LogP contribution in [0.2, 0.25) is 5.02 Å². The number of para-hydroxylation sites is 1. The van der Waals surface area contributed by atoms with Gasteiger partial charge in [0.25, 0.3) is 11.8 Å². The maximum Gasteiger partial charge on any atom is 0.349 e. The first-order valence-corrected chi connectivity index (χ1v) is 10.6. The second-order valence-corrected chi connectivity index (χ2v) is 8.00. The third kappa shape index (κ3) is 3.99. The molecule has 170 valence electrons. The van der Waals surface area contributed by atoms with Gasteiger partial charge in [0.05, 0.1) is 12.2 Å². The summed E-state index contributed by atoms with van der Waals surface area (Å²) in [4.78, 5) is 39.1. The van der Waals surface area contributed by atoms with Gasteiger partial charge in [0.1, 0.15) is 22.7 Å². The zero-order valence-corrected chi connectivity index (χ0v) is 18.3. The van der Waals surface area contributed by atoms with Gasteiger partial charge in [0, 0.05) is 21.7 Å². The SMILES string of the molecule is O=C(Nc1ccc2c(c1)N(Cc1c(F)cccc1Cl)C(=O)CO2)c1cc2ccccc2oc1=O. The molecule has 7 nitrogen and oxygen atoms in total. The van der Waals surface area contributed by atoms with E-state index in [1.165, 1.54) is 35.2 Å². The molecule has 5 rings (SSSR count). The molecule has 0 radical (unpaired) electrons. The number of anilines is 2. The lowest BCUT2D eigenvalue weighted by Crippen LogP contribution is -2.38. The van der Waals surface area contributed by atoms with Crippen molar-refractivity contribution < 1.29 is 23.1 Å². The molecular weight excluding hydrogens is 463 g/mol.